The topological polar surface area (TPSA) is 54.4 Å². The van der Waals surface area contributed by atoms with Gasteiger partial charge in [0, 0.05) is 18.1 Å². The predicted molar refractivity (Wildman–Crippen MR) is 94.4 cm³/mol. The van der Waals surface area contributed by atoms with Crippen molar-refractivity contribution in [2.75, 3.05) is 0 Å². The van der Waals surface area contributed by atoms with Crippen LogP contribution in [0.25, 0.3) is 11.1 Å². The number of carboxylic acids is 1. The third-order valence-corrected chi connectivity index (χ3v) is 4.93. The van der Waals surface area contributed by atoms with Gasteiger partial charge in [-0.3, -0.25) is 9.59 Å². The van der Waals surface area contributed by atoms with Crippen molar-refractivity contribution < 1.29 is 14.7 Å². The SMILES string of the molecule is CC(=O)SC(C)(CCC(=O)O)c1ccccc1-c1ccccc1. The molecule has 1 unspecified atom stereocenters. The van der Waals surface area contributed by atoms with Crippen LogP contribution in [0.4, 0.5) is 0 Å². The van der Waals surface area contributed by atoms with E-state index in [9.17, 15) is 9.59 Å². The molecular formula is C19H20O3S. The number of carbonyl (C=O) groups excluding carboxylic acids is 1. The Bertz CT molecular complexity index is 697. The minimum absolute atomic E-state index is 0.0132. The van der Waals surface area contributed by atoms with Gasteiger partial charge in [0.2, 0.25) is 0 Å². The molecule has 0 aromatic heterocycles. The summed E-state index contributed by atoms with van der Waals surface area (Å²) in [6.07, 6.45) is 0.427. The second kappa shape index (κ2) is 7.47. The van der Waals surface area contributed by atoms with Gasteiger partial charge in [0.15, 0.2) is 5.12 Å². The normalized spacial score (nSPS) is 13.3. The van der Waals surface area contributed by atoms with Crippen LogP contribution < -0.4 is 0 Å². The fourth-order valence-corrected chi connectivity index (χ4v) is 3.84. The van der Waals surface area contributed by atoms with Crippen molar-refractivity contribution in [2.24, 2.45) is 0 Å². The molecule has 2 rings (SSSR count). The zero-order valence-corrected chi connectivity index (χ0v) is 14.1. The molecule has 4 heteroatoms. The van der Waals surface area contributed by atoms with Crippen molar-refractivity contribution >= 4 is 22.8 Å². The fourth-order valence-electron chi connectivity index (χ4n) is 2.72. The van der Waals surface area contributed by atoms with Crippen LogP contribution in [0.15, 0.2) is 54.6 Å². The van der Waals surface area contributed by atoms with Crippen molar-refractivity contribution in [2.45, 2.75) is 31.4 Å². The molecule has 23 heavy (non-hydrogen) atoms. The average Bonchev–Trinajstić information content (AvgIpc) is 2.53. The van der Waals surface area contributed by atoms with E-state index in [1.807, 2.05) is 61.5 Å². The van der Waals surface area contributed by atoms with E-state index >= 15 is 0 Å². The molecule has 0 aliphatic carbocycles. The van der Waals surface area contributed by atoms with Crippen molar-refractivity contribution in [1.29, 1.82) is 0 Å². The van der Waals surface area contributed by atoms with Crippen LogP contribution in [-0.4, -0.2) is 16.2 Å². The first kappa shape index (κ1) is 17.3. The Kier molecular flexibility index (Phi) is 5.61. The minimum Gasteiger partial charge on any atom is -0.481 e. The largest absolute Gasteiger partial charge is 0.481 e. The standard InChI is InChI=1S/C19H20O3S/c1-14(20)23-19(2,13-12-18(21)22)17-11-7-6-10-16(17)15-8-4-3-5-9-15/h3-11H,12-13H2,1-2H3,(H,21,22). The molecule has 0 spiro atoms. The molecular weight excluding hydrogens is 308 g/mol. The Morgan fingerprint density at radius 1 is 1.04 bits per heavy atom. The van der Waals surface area contributed by atoms with E-state index in [1.54, 1.807) is 0 Å². The maximum absolute atomic E-state index is 11.7. The van der Waals surface area contributed by atoms with Crippen molar-refractivity contribution in [3.63, 3.8) is 0 Å². The van der Waals surface area contributed by atoms with Gasteiger partial charge in [0.05, 0.1) is 0 Å². The van der Waals surface area contributed by atoms with E-state index in [1.165, 1.54) is 18.7 Å². The summed E-state index contributed by atoms with van der Waals surface area (Å²) < 4.78 is -0.573. The van der Waals surface area contributed by atoms with Gasteiger partial charge in [-0.15, -0.1) is 0 Å². The van der Waals surface area contributed by atoms with Crippen LogP contribution in [0.5, 0.6) is 0 Å². The molecule has 2 aromatic carbocycles. The quantitative estimate of drug-likeness (QED) is 0.834. The summed E-state index contributed by atoms with van der Waals surface area (Å²) in [7, 11) is 0. The average molecular weight is 328 g/mol. The summed E-state index contributed by atoms with van der Waals surface area (Å²) in [4.78, 5) is 22.8. The molecule has 0 heterocycles. The van der Waals surface area contributed by atoms with Crippen LogP contribution in [-0.2, 0) is 14.3 Å². The molecule has 3 nitrogen and oxygen atoms in total. The maximum atomic E-state index is 11.7. The number of carbonyl (C=O) groups is 2. The summed E-state index contributed by atoms with van der Waals surface area (Å²) in [5, 5.41) is 9.04. The number of hydrogen-bond acceptors (Lipinski definition) is 3. The first-order valence-corrected chi connectivity index (χ1v) is 8.30. The zero-order chi connectivity index (χ0) is 16.9. The van der Waals surface area contributed by atoms with Gasteiger partial charge in [-0.25, -0.2) is 0 Å². The van der Waals surface area contributed by atoms with Gasteiger partial charge in [-0.2, -0.15) is 0 Å². The first-order chi connectivity index (χ1) is 10.9. The molecule has 0 fully saturated rings. The summed E-state index contributed by atoms with van der Waals surface area (Å²) in [6, 6.07) is 17.8. The molecule has 0 aliphatic heterocycles. The van der Waals surface area contributed by atoms with E-state index in [0.29, 0.717) is 6.42 Å². The lowest BCUT2D eigenvalue weighted by Crippen LogP contribution is -2.22. The third kappa shape index (κ3) is 4.45. The molecule has 1 N–H and O–H groups in total. The molecule has 0 radical (unpaired) electrons. The molecule has 0 bridgehead atoms. The molecule has 1 atom stereocenters. The van der Waals surface area contributed by atoms with Gasteiger partial charge in [-0.05, 0) is 30.0 Å². The Morgan fingerprint density at radius 2 is 1.65 bits per heavy atom. The van der Waals surface area contributed by atoms with Crippen LogP contribution in [0.1, 0.15) is 32.3 Å². The highest BCUT2D eigenvalue weighted by atomic mass is 32.2. The van der Waals surface area contributed by atoms with Crippen LogP contribution in [0.3, 0.4) is 0 Å². The fraction of sp³-hybridized carbons (Fsp3) is 0.263. The lowest BCUT2D eigenvalue weighted by atomic mass is 9.88. The monoisotopic (exact) mass is 328 g/mol. The van der Waals surface area contributed by atoms with Crippen molar-refractivity contribution in [3.8, 4) is 11.1 Å². The van der Waals surface area contributed by atoms with Crippen LogP contribution >= 0.6 is 11.8 Å². The molecule has 0 saturated heterocycles. The Morgan fingerprint density at radius 3 is 2.26 bits per heavy atom. The zero-order valence-electron chi connectivity index (χ0n) is 13.3. The lowest BCUT2D eigenvalue weighted by Gasteiger charge is -2.30. The van der Waals surface area contributed by atoms with E-state index < -0.39 is 10.7 Å². The van der Waals surface area contributed by atoms with Crippen molar-refractivity contribution in [3.05, 3.63) is 60.2 Å². The van der Waals surface area contributed by atoms with Crippen molar-refractivity contribution in [1.82, 2.24) is 0 Å². The molecule has 120 valence electrons. The highest BCUT2D eigenvalue weighted by molar-refractivity contribution is 8.14. The Hall–Kier alpha value is -2.07. The summed E-state index contributed by atoms with van der Waals surface area (Å²) >= 11 is 1.20. The lowest BCUT2D eigenvalue weighted by molar-refractivity contribution is -0.137. The minimum atomic E-state index is -0.849. The smallest absolute Gasteiger partial charge is 0.303 e. The van der Waals surface area contributed by atoms with E-state index in [0.717, 1.165) is 16.7 Å². The number of thioether (sulfide) groups is 1. The summed E-state index contributed by atoms with van der Waals surface area (Å²) in [5.41, 5.74) is 3.09. The maximum Gasteiger partial charge on any atom is 0.303 e. The summed E-state index contributed by atoms with van der Waals surface area (Å²) in [5.74, 6) is -0.849. The molecule has 0 saturated carbocycles. The molecule has 0 aliphatic rings. The van der Waals surface area contributed by atoms with E-state index in [-0.39, 0.29) is 11.5 Å². The van der Waals surface area contributed by atoms with E-state index in [4.69, 9.17) is 5.11 Å². The van der Waals surface area contributed by atoms with Gasteiger partial charge in [-0.1, -0.05) is 66.4 Å². The second-order valence-corrected chi connectivity index (χ2v) is 7.31. The molecule has 2 aromatic rings. The number of rotatable bonds is 6. The molecule has 0 amide bonds. The predicted octanol–water partition coefficient (Wildman–Crippen LogP) is 4.71. The first-order valence-electron chi connectivity index (χ1n) is 7.49. The number of benzene rings is 2. The number of hydrogen-bond donors (Lipinski definition) is 1. The third-order valence-electron chi connectivity index (χ3n) is 3.77. The van der Waals surface area contributed by atoms with Gasteiger partial charge in [0.1, 0.15) is 0 Å². The van der Waals surface area contributed by atoms with Gasteiger partial charge in [0.25, 0.3) is 0 Å². The van der Waals surface area contributed by atoms with Gasteiger partial charge >= 0.3 is 5.97 Å². The highest BCUT2D eigenvalue weighted by Gasteiger charge is 2.32. The Labute approximate surface area is 140 Å². The van der Waals surface area contributed by atoms with Gasteiger partial charge < -0.3 is 5.11 Å². The second-order valence-electron chi connectivity index (χ2n) is 5.63. The van der Waals surface area contributed by atoms with Crippen LogP contribution in [0, 0.1) is 0 Å². The van der Waals surface area contributed by atoms with E-state index in [2.05, 4.69) is 0 Å². The van der Waals surface area contributed by atoms with Crippen LogP contribution in [0.2, 0.25) is 0 Å². The Balaban J connectivity index is 2.50. The highest BCUT2D eigenvalue weighted by Crippen LogP contribution is 2.44. The summed E-state index contributed by atoms with van der Waals surface area (Å²) in [6.45, 7) is 3.47. The number of carboxylic acid groups (broad SMARTS) is 1. The number of aliphatic carboxylic acids is 1.